The Bertz CT molecular complexity index is 1080. The first kappa shape index (κ1) is 23.2. The van der Waals surface area contributed by atoms with Crippen molar-refractivity contribution in [3.8, 4) is 11.5 Å². The summed E-state index contributed by atoms with van der Waals surface area (Å²) in [6.45, 7) is 1.24. The highest BCUT2D eigenvalue weighted by atomic mass is 16.7. The molecule has 0 bridgehead atoms. The highest BCUT2D eigenvalue weighted by molar-refractivity contribution is 5.95. The molecule has 1 saturated carbocycles. The van der Waals surface area contributed by atoms with E-state index >= 15 is 0 Å². The molecule has 2 fully saturated rings. The Morgan fingerprint density at radius 2 is 1.46 bits per heavy atom. The van der Waals surface area contributed by atoms with Crippen molar-refractivity contribution in [1.82, 2.24) is 15.5 Å². The van der Waals surface area contributed by atoms with Gasteiger partial charge in [0.15, 0.2) is 11.5 Å². The first-order chi connectivity index (χ1) is 17.1. The molecule has 5 rings (SSSR count). The lowest BCUT2D eigenvalue weighted by molar-refractivity contribution is -0.127. The standard InChI is InChI=1S/C27H31N3O5/c31-25(18-6-2-1-3-7-18)28-21-8-4-5-9-22(21)29-26(32)19-12-14-30(15-13-19)27(33)20-10-11-23-24(16-20)35-17-34-23/h1-3,6-7,10-11,16,19,21-22H,4-5,8-9,12-15,17H2,(H,28,31)(H,29,32)/t21-,22-/m1/s1. The number of fused-ring (bicyclic) bond motifs is 1. The Hall–Kier alpha value is -3.55. The van der Waals surface area contributed by atoms with Gasteiger partial charge in [-0.1, -0.05) is 31.0 Å². The maximum absolute atomic E-state index is 13.1. The summed E-state index contributed by atoms with van der Waals surface area (Å²) in [5.41, 5.74) is 1.19. The van der Waals surface area contributed by atoms with Crippen LogP contribution in [-0.2, 0) is 4.79 Å². The zero-order chi connectivity index (χ0) is 24.2. The predicted octanol–water partition coefficient (Wildman–Crippen LogP) is 3.12. The van der Waals surface area contributed by atoms with Gasteiger partial charge in [0.25, 0.3) is 11.8 Å². The van der Waals surface area contributed by atoms with Crippen molar-refractivity contribution in [2.24, 2.45) is 5.92 Å². The largest absolute Gasteiger partial charge is 0.454 e. The smallest absolute Gasteiger partial charge is 0.253 e. The Balaban J connectivity index is 1.14. The van der Waals surface area contributed by atoms with E-state index in [0.29, 0.717) is 48.6 Å². The van der Waals surface area contributed by atoms with E-state index in [9.17, 15) is 14.4 Å². The highest BCUT2D eigenvalue weighted by Crippen LogP contribution is 2.33. The first-order valence-electron chi connectivity index (χ1n) is 12.4. The fraction of sp³-hybridized carbons (Fsp3) is 0.444. The minimum atomic E-state index is -0.136. The number of hydrogen-bond acceptors (Lipinski definition) is 5. The molecule has 8 heteroatoms. The van der Waals surface area contributed by atoms with E-state index in [1.165, 1.54) is 0 Å². The Labute approximate surface area is 205 Å². The molecule has 2 aromatic rings. The van der Waals surface area contributed by atoms with Gasteiger partial charge in [0, 0.05) is 42.2 Å². The minimum Gasteiger partial charge on any atom is -0.454 e. The van der Waals surface area contributed by atoms with Gasteiger partial charge in [0.1, 0.15) is 0 Å². The van der Waals surface area contributed by atoms with Crippen LogP contribution in [0.3, 0.4) is 0 Å². The number of likely N-dealkylation sites (tertiary alicyclic amines) is 1. The number of nitrogens with one attached hydrogen (secondary N) is 2. The van der Waals surface area contributed by atoms with Gasteiger partial charge in [-0.2, -0.15) is 0 Å². The van der Waals surface area contributed by atoms with Crippen LogP contribution in [0.15, 0.2) is 48.5 Å². The minimum absolute atomic E-state index is 0.0195. The third kappa shape index (κ3) is 5.26. The molecule has 0 unspecified atom stereocenters. The Morgan fingerprint density at radius 1 is 0.771 bits per heavy atom. The number of amides is 3. The lowest BCUT2D eigenvalue weighted by Gasteiger charge is -2.36. The van der Waals surface area contributed by atoms with Gasteiger partial charge in [0.2, 0.25) is 12.7 Å². The molecule has 1 aliphatic carbocycles. The lowest BCUT2D eigenvalue weighted by Crippen LogP contribution is -2.55. The monoisotopic (exact) mass is 477 g/mol. The quantitative estimate of drug-likeness (QED) is 0.690. The van der Waals surface area contributed by atoms with Crippen LogP contribution < -0.4 is 20.1 Å². The van der Waals surface area contributed by atoms with E-state index in [0.717, 1.165) is 25.7 Å². The maximum atomic E-state index is 13.1. The summed E-state index contributed by atoms with van der Waals surface area (Å²) in [5.74, 6) is 0.962. The molecule has 0 aromatic heterocycles. The molecule has 3 aliphatic rings. The van der Waals surface area contributed by atoms with Crippen LogP contribution in [0.2, 0.25) is 0 Å². The van der Waals surface area contributed by atoms with Crippen molar-refractivity contribution in [2.45, 2.75) is 50.6 Å². The molecule has 0 spiro atoms. The molecular weight excluding hydrogens is 446 g/mol. The number of carbonyl (C=O) groups is 3. The SMILES string of the molecule is O=C(N[C@@H]1CCCC[C@H]1NC(=O)C1CCN(C(=O)c2ccc3c(c2)OCO3)CC1)c1ccccc1. The number of piperidine rings is 1. The molecule has 35 heavy (non-hydrogen) atoms. The van der Waals surface area contributed by atoms with Crippen molar-refractivity contribution in [3.63, 3.8) is 0 Å². The summed E-state index contributed by atoms with van der Waals surface area (Å²) in [6.07, 6.45) is 5.02. The molecule has 2 aliphatic heterocycles. The number of ether oxygens (including phenoxy) is 2. The Morgan fingerprint density at radius 3 is 2.20 bits per heavy atom. The average molecular weight is 478 g/mol. The van der Waals surface area contributed by atoms with Gasteiger partial charge < -0.3 is 25.0 Å². The van der Waals surface area contributed by atoms with Crippen molar-refractivity contribution in [2.75, 3.05) is 19.9 Å². The normalized spacial score (nSPS) is 21.9. The second-order valence-corrected chi connectivity index (χ2v) is 9.48. The van der Waals surface area contributed by atoms with Gasteiger partial charge in [-0.15, -0.1) is 0 Å². The van der Waals surface area contributed by atoms with Gasteiger partial charge >= 0.3 is 0 Å². The van der Waals surface area contributed by atoms with E-state index in [1.54, 1.807) is 35.2 Å². The van der Waals surface area contributed by atoms with Crippen LogP contribution in [0.4, 0.5) is 0 Å². The predicted molar refractivity (Wildman–Crippen MR) is 129 cm³/mol. The number of rotatable bonds is 5. The molecule has 184 valence electrons. The molecule has 0 radical (unpaired) electrons. The van der Waals surface area contributed by atoms with Crippen LogP contribution in [0.25, 0.3) is 0 Å². The van der Waals surface area contributed by atoms with Gasteiger partial charge in [-0.25, -0.2) is 0 Å². The fourth-order valence-electron chi connectivity index (χ4n) is 5.18. The molecule has 3 amide bonds. The summed E-state index contributed by atoms with van der Waals surface area (Å²) in [4.78, 5) is 40.5. The maximum Gasteiger partial charge on any atom is 0.253 e. The summed E-state index contributed by atoms with van der Waals surface area (Å²) in [5, 5.41) is 6.34. The number of benzene rings is 2. The first-order valence-corrected chi connectivity index (χ1v) is 12.4. The van der Waals surface area contributed by atoms with E-state index in [-0.39, 0.29) is 42.5 Å². The van der Waals surface area contributed by atoms with E-state index in [1.807, 2.05) is 18.2 Å². The van der Waals surface area contributed by atoms with Crippen LogP contribution >= 0.6 is 0 Å². The van der Waals surface area contributed by atoms with Crippen LogP contribution in [0.5, 0.6) is 11.5 Å². The van der Waals surface area contributed by atoms with Crippen LogP contribution in [0.1, 0.15) is 59.2 Å². The van der Waals surface area contributed by atoms with Crippen molar-refractivity contribution in [1.29, 1.82) is 0 Å². The van der Waals surface area contributed by atoms with Gasteiger partial charge in [-0.3, -0.25) is 14.4 Å². The third-order valence-electron chi connectivity index (χ3n) is 7.22. The zero-order valence-electron chi connectivity index (χ0n) is 19.7. The summed E-state index contributed by atoms with van der Waals surface area (Å²) >= 11 is 0. The molecule has 2 N–H and O–H groups in total. The number of nitrogens with zero attached hydrogens (tertiary/aromatic N) is 1. The summed E-state index contributed by atoms with van der Waals surface area (Å²) in [6, 6.07) is 14.2. The van der Waals surface area contributed by atoms with Crippen molar-refractivity contribution < 1.29 is 23.9 Å². The van der Waals surface area contributed by atoms with Gasteiger partial charge in [0.05, 0.1) is 0 Å². The second kappa shape index (κ2) is 10.4. The molecule has 2 heterocycles. The zero-order valence-corrected chi connectivity index (χ0v) is 19.7. The Kier molecular flexibility index (Phi) is 6.88. The average Bonchev–Trinajstić information content (AvgIpc) is 3.38. The molecule has 2 aromatic carbocycles. The van der Waals surface area contributed by atoms with E-state index < -0.39 is 0 Å². The second-order valence-electron chi connectivity index (χ2n) is 9.48. The van der Waals surface area contributed by atoms with Crippen LogP contribution in [-0.4, -0.2) is 54.6 Å². The molecule has 2 atom stereocenters. The summed E-state index contributed by atoms with van der Waals surface area (Å²) < 4.78 is 10.7. The van der Waals surface area contributed by atoms with E-state index in [2.05, 4.69) is 10.6 Å². The number of carbonyl (C=O) groups excluding carboxylic acids is 3. The molecule has 8 nitrogen and oxygen atoms in total. The third-order valence-corrected chi connectivity index (χ3v) is 7.22. The topological polar surface area (TPSA) is 97.0 Å². The fourth-order valence-corrected chi connectivity index (χ4v) is 5.18. The highest BCUT2D eigenvalue weighted by Gasteiger charge is 2.33. The van der Waals surface area contributed by atoms with E-state index in [4.69, 9.17) is 9.47 Å². The van der Waals surface area contributed by atoms with Crippen molar-refractivity contribution in [3.05, 3.63) is 59.7 Å². The van der Waals surface area contributed by atoms with Gasteiger partial charge in [-0.05, 0) is 56.0 Å². The van der Waals surface area contributed by atoms with Crippen molar-refractivity contribution >= 4 is 17.7 Å². The molecular formula is C27H31N3O5. The van der Waals surface area contributed by atoms with Crippen LogP contribution in [0, 0.1) is 5.92 Å². The molecule has 1 saturated heterocycles. The lowest BCUT2D eigenvalue weighted by atomic mass is 9.88. The summed E-state index contributed by atoms with van der Waals surface area (Å²) in [7, 11) is 0. The number of hydrogen-bond donors (Lipinski definition) is 2.